The van der Waals surface area contributed by atoms with Crippen molar-refractivity contribution >= 4 is 17.9 Å². The molecular formula is C52H100O6. The molecule has 0 spiro atoms. The van der Waals surface area contributed by atoms with Crippen LogP contribution in [0.4, 0.5) is 0 Å². The fourth-order valence-corrected chi connectivity index (χ4v) is 7.86. The summed E-state index contributed by atoms with van der Waals surface area (Å²) in [5.41, 5.74) is 0. The Balaban J connectivity index is 4.29. The van der Waals surface area contributed by atoms with Crippen LogP contribution in [0.1, 0.15) is 291 Å². The second-order valence-corrected chi connectivity index (χ2v) is 18.3. The standard InChI is InChI=1S/C52H100O6/c1-5-7-9-11-13-15-17-18-19-20-24-27-31-35-39-43-50(53)56-46-49(58-52(55)45-41-37-33-29-22-16-14-12-10-8-6-2)47-57-51(54)44-40-36-32-28-25-21-23-26-30-34-38-42-48(3)4/h48-49H,5-47H2,1-4H3/t49-/m0/s1. The Labute approximate surface area is 361 Å². The van der Waals surface area contributed by atoms with E-state index in [9.17, 15) is 14.4 Å². The van der Waals surface area contributed by atoms with E-state index in [0.717, 1.165) is 63.7 Å². The summed E-state index contributed by atoms with van der Waals surface area (Å²) >= 11 is 0. The predicted molar refractivity (Wildman–Crippen MR) is 247 cm³/mol. The van der Waals surface area contributed by atoms with Crippen LogP contribution in [0.25, 0.3) is 0 Å². The number of carbonyl (C=O) groups excluding carboxylic acids is 3. The molecule has 0 aromatic heterocycles. The topological polar surface area (TPSA) is 78.9 Å². The molecule has 0 aliphatic rings. The maximum absolute atomic E-state index is 12.7. The first-order chi connectivity index (χ1) is 28.4. The number of hydrogen-bond acceptors (Lipinski definition) is 6. The highest BCUT2D eigenvalue weighted by Gasteiger charge is 2.19. The van der Waals surface area contributed by atoms with E-state index < -0.39 is 6.10 Å². The van der Waals surface area contributed by atoms with Crippen LogP contribution in [0.15, 0.2) is 0 Å². The zero-order valence-electron chi connectivity index (χ0n) is 39.5. The van der Waals surface area contributed by atoms with Crippen LogP contribution in [0.3, 0.4) is 0 Å². The van der Waals surface area contributed by atoms with Crippen molar-refractivity contribution in [3.8, 4) is 0 Å². The van der Waals surface area contributed by atoms with E-state index in [2.05, 4.69) is 27.7 Å². The summed E-state index contributed by atoms with van der Waals surface area (Å²) in [7, 11) is 0. The summed E-state index contributed by atoms with van der Waals surface area (Å²) in [4.78, 5) is 37.9. The third kappa shape index (κ3) is 45.5. The van der Waals surface area contributed by atoms with Gasteiger partial charge in [-0.3, -0.25) is 14.4 Å². The van der Waals surface area contributed by atoms with Gasteiger partial charge in [-0.05, 0) is 25.2 Å². The van der Waals surface area contributed by atoms with Crippen LogP contribution in [0, 0.1) is 5.92 Å². The van der Waals surface area contributed by atoms with Crippen molar-refractivity contribution in [2.24, 2.45) is 5.92 Å². The Bertz CT molecular complexity index is 872. The first-order valence-electron chi connectivity index (χ1n) is 25.9. The SMILES string of the molecule is CCCCCCCCCCCCCCCCCC(=O)OC[C@@H](COC(=O)CCCCCCCCCCCCCC(C)C)OC(=O)CCCCCCCCCCCCC. The molecule has 6 nitrogen and oxygen atoms in total. The van der Waals surface area contributed by atoms with E-state index in [1.54, 1.807) is 0 Å². The largest absolute Gasteiger partial charge is 0.462 e. The van der Waals surface area contributed by atoms with Gasteiger partial charge in [-0.15, -0.1) is 0 Å². The van der Waals surface area contributed by atoms with Crippen molar-refractivity contribution < 1.29 is 28.6 Å². The lowest BCUT2D eigenvalue weighted by Gasteiger charge is -2.18. The van der Waals surface area contributed by atoms with Crippen molar-refractivity contribution in [1.82, 2.24) is 0 Å². The Morgan fingerprint density at radius 1 is 0.328 bits per heavy atom. The van der Waals surface area contributed by atoms with Crippen LogP contribution in [-0.4, -0.2) is 37.2 Å². The van der Waals surface area contributed by atoms with Crippen molar-refractivity contribution in [3.63, 3.8) is 0 Å². The lowest BCUT2D eigenvalue weighted by molar-refractivity contribution is -0.167. The minimum absolute atomic E-state index is 0.0627. The summed E-state index contributed by atoms with van der Waals surface area (Å²) in [6, 6.07) is 0. The van der Waals surface area contributed by atoms with Gasteiger partial charge in [-0.2, -0.15) is 0 Å². The van der Waals surface area contributed by atoms with Gasteiger partial charge in [-0.25, -0.2) is 0 Å². The van der Waals surface area contributed by atoms with Crippen molar-refractivity contribution in [1.29, 1.82) is 0 Å². The zero-order chi connectivity index (χ0) is 42.4. The van der Waals surface area contributed by atoms with Gasteiger partial charge >= 0.3 is 17.9 Å². The Morgan fingerprint density at radius 2 is 0.569 bits per heavy atom. The highest BCUT2D eigenvalue weighted by atomic mass is 16.6. The van der Waals surface area contributed by atoms with E-state index in [1.165, 1.54) is 186 Å². The normalized spacial score (nSPS) is 11.9. The second-order valence-electron chi connectivity index (χ2n) is 18.3. The van der Waals surface area contributed by atoms with Gasteiger partial charge in [-0.1, -0.05) is 252 Å². The first kappa shape index (κ1) is 56.4. The molecule has 0 bridgehead atoms. The van der Waals surface area contributed by atoms with Crippen LogP contribution in [0.5, 0.6) is 0 Å². The number of carbonyl (C=O) groups is 3. The number of hydrogen-bond donors (Lipinski definition) is 0. The van der Waals surface area contributed by atoms with Crippen LogP contribution in [-0.2, 0) is 28.6 Å². The Kier molecular flexibility index (Phi) is 45.2. The molecule has 0 rings (SSSR count). The average molecular weight is 821 g/mol. The quantitative estimate of drug-likeness (QED) is 0.0346. The second kappa shape index (κ2) is 46.5. The molecule has 0 aromatic carbocycles. The minimum Gasteiger partial charge on any atom is -0.462 e. The monoisotopic (exact) mass is 821 g/mol. The third-order valence-electron chi connectivity index (χ3n) is 11.8. The molecule has 0 aliphatic carbocycles. The molecule has 0 N–H and O–H groups in total. The summed E-state index contributed by atoms with van der Waals surface area (Å²) in [6.07, 6.45) is 48.0. The smallest absolute Gasteiger partial charge is 0.306 e. The molecule has 0 saturated carbocycles. The lowest BCUT2D eigenvalue weighted by Crippen LogP contribution is -2.30. The number of unbranched alkanes of at least 4 members (excludes halogenated alkanes) is 34. The molecule has 0 fully saturated rings. The minimum atomic E-state index is -0.760. The summed E-state index contributed by atoms with van der Waals surface area (Å²) in [5.74, 6) is -0.0179. The van der Waals surface area contributed by atoms with Crippen molar-refractivity contribution in [3.05, 3.63) is 0 Å². The molecule has 0 amide bonds. The Hall–Kier alpha value is -1.59. The van der Waals surface area contributed by atoms with Crippen molar-refractivity contribution in [2.75, 3.05) is 13.2 Å². The maximum atomic E-state index is 12.7. The molecule has 1 atom stereocenters. The molecule has 0 saturated heterocycles. The Morgan fingerprint density at radius 3 is 0.845 bits per heavy atom. The van der Waals surface area contributed by atoms with Gasteiger partial charge in [0, 0.05) is 19.3 Å². The van der Waals surface area contributed by atoms with Crippen molar-refractivity contribution in [2.45, 2.75) is 297 Å². The molecular weight excluding hydrogens is 721 g/mol. The summed E-state index contributed by atoms with van der Waals surface area (Å²) < 4.78 is 16.8. The molecule has 6 heteroatoms. The molecule has 58 heavy (non-hydrogen) atoms. The number of rotatable bonds is 47. The van der Waals surface area contributed by atoms with Gasteiger partial charge in [0.1, 0.15) is 13.2 Å². The fraction of sp³-hybridized carbons (Fsp3) is 0.942. The van der Waals surface area contributed by atoms with Gasteiger partial charge in [0.05, 0.1) is 0 Å². The molecule has 0 aromatic rings. The fourth-order valence-electron chi connectivity index (χ4n) is 7.86. The molecule has 344 valence electrons. The van der Waals surface area contributed by atoms with Crippen LogP contribution in [0.2, 0.25) is 0 Å². The molecule has 0 heterocycles. The van der Waals surface area contributed by atoms with E-state index in [1.807, 2.05) is 0 Å². The average Bonchev–Trinajstić information content (AvgIpc) is 3.21. The van der Waals surface area contributed by atoms with Crippen LogP contribution < -0.4 is 0 Å². The predicted octanol–water partition coefficient (Wildman–Crippen LogP) is 16.7. The van der Waals surface area contributed by atoms with Gasteiger partial charge in [0.2, 0.25) is 0 Å². The van der Waals surface area contributed by atoms with Gasteiger partial charge in [0.25, 0.3) is 0 Å². The lowest BCUT2D eigenvalue weighted by atomic mass is 10.0. The molecule has 0 radical (unpaired) electrons. The maximum Gasteiger partial charge on any atom is 0.306 e. The van der Waals surface area contributed by atoms with E-state index >= 15 is 0 Å². The number of esters is 3. The van der Waals surface area contributed by atoms with E-state index in [4.69, 9.17) is 14.2 Å². The van der Waals surface area contributed by atoms with Crippen LogP contribution >= 0.6 is 0 Å². The highest BCUT2D eigenvalue weighted by molar-refractivity contribution is 5.71. The highest BCUT2D eigenvalue weighted by Crippen LogP contribution is 2.17. The zero-order valence-corrected chi connectivity index (χ0v) is 39.5. The number of ether oxygens (including phenoxy) is 3. The van der Waals surface area contributed by atoms with E-state index in [0.29, 0.717) is 19.3 Å². The first-order valence-corrected chi connectivity index (χ1v) is 25.9. The summed E-state index contributed by atoms with van der Waals surface area (Å²) in [6.45, 7) is 9.02. The van der Waals surface area contributed by atoms with E-state index in [-0.39, 0.29) is 31.1 Å². The third-order valence-corrected chi connectivity index (χ3v) is 11.8. The van der Waals surface area contributed by atoms with Gasteiger partial charge < -0.3 is 14.2 Å². The molecule has 0 aliphatic heterocycles. The summed E-state index contributed by atoms with van der Waals surface area (Å²) in [5, 5.41) is 0. The van der Waals surface area contributed by atoms with Gasteiger partial charge in [0.15, 0.2) is 6.10 Å². The molecule has 0 unspecified atom stereocenters.